The Labute approximate surface area is 175 Å². The topological polar surface area (TPSA) is 71.7 Å². The highest BCUT2D eigenvalue weighted by Crippen LogP contribution is 2.37. The molecule has 2 atom stereocenters. The number of hydrogen-bond donors (Lipinski definition) is 0. The van der Waals surface area contributed by atoms with Crippen molar-refractivity contribution in [2.75, 3.05) is 26.7 Å². The Balaban J connectivity index is 1.65. The van der Waals surface area contributed by atoms with E-state index in [1.54, 1.807) is 4.90 Å². The van der Waals surface area contributed by atoms with Crippen molar-refractivity contribution >= 4 is 5.91 Å². The minimum absolute atomic E-state index is 0.000790. The van der Waals surface area contributed by atoms with Crippen LogP contribution < -0.4 is 4.74 Å². The Morgan fingerprint density at radius 3 is 2.68 bits per heavy atom. The van der Waals surface area contributed by atoms with Crippen molar-refractivity contribution in [2.45, 2.75) is 39.0 Å². The number of fused-ring (bicyclic) bond motifs is 1. The van der Waals surface area contributed by atoms with Crippen LogP contribution in [0.1, 0.15) is 31.7 Å². The Kier molecular flexibility index (Phi) is 5.19. The number of ether oxygens (including phenoxy) is 1. The molecule has 1 amide bonds. The van der Waals surface area contributed by atoms with Gasteiger partial charge in [0.2, 0.25) is 11.7 Å². The highest BCUT2D eigenvalue weighted by molar-refractivity contribution is 5.83. The lowest BCUT2D eigenvalue weighted by atomic mass is 9.87. The van der Waals surface area contributed by atoms with Crippen LogP contribution in [0.5, 0.6) is 5.75 Å². The summed E-state index contributed by atoms with van der Waals surface area (Å²) in [7, 11) is 1.95. The average molecular weight is 442 g/mol. The minimum atomic E-state index is -4.80. The van der Waals surface area contributed by atoms with Gasteiger partial charge in [-0.05, 0) is 46.0 Å². The van der Waals surface area contributed by atoms with Crippen LogP contribution in [-0.4, -0.2) is 58.6 Å². The number of alkyl halides is 3. The third-order valence-electron chi connectivity index (χ3n) is 5.86. The molecule has 0 spiro atoms. The summed E-state index contributed by atoms with van der Waals surface area (Å²) in [5.74, 6) is -2.56. The molecule has 1 aromatic heterocycles. The third-order valence-corrected chi connectivity index (χ3v) is 5.86. The van der Waals surface area contributed by atoms with Crippen LogP contribution in [-0.2, 0) is 17.5 Å². The summed E-state index contributed by atoms with van der Waals surface area (Å²) < 4.78 is 63.2. The van der Waals surface area contributed by atoms with Gasteiger partial charge in [0.15, 0.2) is 0 Å². The molecule has 31 heavy (non-hydrogen) atoms. The van der Waals surface area contributed by atoms with Gasteiger partial charge in [0.1, 0.15) is 18.2 Å². The van der Waals surface area contributed by atoms with Crippen LogP contribution in [0.2, 0.25) is 0 Å². The molecule has 0 N–H and O–H groups in total. The number of benzene rings is 1. The largest absolute Gasteiger partial charge is 0.491 e. The van der Waals surface area contributed by atoms with E-state index in [0.717, 1.165) is 12.6 Å². The molecule has 0 bridgehead atoms. The second-order valence-corrected chi connectivity index (χ2v) is 8.50. The predicted octanol–water partition coefficient (Wildman–Crippen LogP) is 3.35. The highest BCUT2D eigenvalue weighted by Gasteiger charge is 2.44. The number of carbonyl (C=O) groups is 1. The molecule has 3 heterocycles. The third kappa shape index (κ3) is 3.98. The number of likely N-dealkylation sites (tertiary alicyclic amines) is 1. The van der Waals surface area contributed by atoms with Crippen LogP contribution in [0.4, 0.5) is 17.6 Å². The minimum Gasteiger partial charge on any atom is -0.491 e. The maximum atomic E-state index is 15.0. The molecule has 11 heteroatoms. The van der Waals surface area contributed by atoms with Crippen molar-refractivity contribution < 1.29 is 31.6 Å². The molecule has 0 saturated carbocycles. The number of rotatable bonds is 2. The van der Waals surface area contributed by atoms with Gasteiger partial charge in [-0.1, -0.05) is 5.16 Å². The summed E-state index contributed by atoms with van der Waals surface area (Å²) >= 11 is 0. The number of carbonyl (C=O) groups excluding carboxylic acids is 1. The first-order valence-electron chi connectivity index (χ1n) is 9.84. The van der Waals surface area contributed by atoms with E-state index in [4.69, 9.17) is 4.74 Å². The molecule has 2 aliphatic heterocycles. The van der Waals surface area contributed by atoms with E-state index in [0.29, 0.717) is 13.0 Å². The lowest BCUT2D eigenvalue weighted by Gasteiger charge is -2.34. The van der Waals surface area contributed by atoms with Crippen molar-refractivity contribution in [1.82, 2.24) is 19.9 Å². The van der Waals surface area contributed by atoms with Crippen molar-refractivity contribution in [3.8, 4) is 17.1 Å². The predicted molar refractivity (Wildman–Crippen MR) is 100 cm³/mol. The maximum Gasteiger partial charge on any atom is 0.471 e. The van der Waals surface area contributed by atoms with Gasteiger partial charge < -0.3 is 19.1 Å². The number of nitrogens with zero attached hydrogens (tertiary/aromatic N) is 4. The quantitative estimate of drug-likeness (QED) is 0.665. The number of hydrogen-bond acceptors (Lipinski definition) is 6. The number of amides is 1. The fourth-order valence-electron chi connectivity index (χ4n) is 4.09. The SMILES string of the molecule is C[C@H]1COc2cc(-c3noc(C(F)(F)F)n3)cc(F)c2CN1C(=O)[C@]1(C)CCN(C)C1. The summed E-state index contributed by atoms with van der Waals surface area (Å²) in [6.07, 6.45) is -4.09. The number of aromatic nitrogens is 2. The first-order valence-corrected chi connectivity index (χ1v) is 9.84. The van der Waals surface area contributed by atoms with Gasteiger partial charge in [-0.3, -0.25) is 4.79 Å². The smallest absolute Gasteiger partial charge is 0.471 e. The van der Waals surface area contributed by atoms with Crippen molar-refractivity contribution in [3.63, 3.8) is 0 Å². The molecule has 2 aromatic rings. The zero-order valence-electron chi connectivity index (χ0n) is 17.3. The molecule has 2 aliphatic rings. The second-order valence-electron chi connectivity index (χ2n) is 8.50. The van der Waals surface area contributed by atoms with Crippen LogP contribution in [0.25, 0.3) is 11.4 Å². The summed E-state index contributed by atoms with van der Waals surface area (Å²) in [5, 5.41) is 3.30. The van der Waals surface area contributed by atoms with Crippen LogP contribution >= 0.6 is 0 Å². The molecular formula is C20H22F4N4O3. The van der Waals surface area contributed by atoms with Gasteiger partial charge in [-0.25, -0.2) is 4.39 Å². The molecule has 1 saturated heterocycles. The molecular weight excluding hydrogens is 420 g/mol. The van der Waals surface area contributed by atoms with E-state index >= 15 is 4.39 Å². The zero-order chi connectivity index (χ0) is 22.6. The van der Waals surface area contributed by atoms with Crippen molar-refractivity contribution in [3.05, 3.63) is 29.4 Å². The van der Waals surface area contributed by atoms with E-state index in [2.05, 4.69) is 19.6 Å². The average Bonchev–Trinajstić information content (AvgIpc) is 3.28. The Morgan fingerprint density at radius 1 is 1.32 bits per heavy atom. The fourth-order valence-corrected chi connectivity index (χ4v) is 4.09. The van der Waals surface area contributed by atoms with Gasteiger partial charge in [-0.15, -0.1) is 0 Å². The van der Waals surface area contributed by atoms with Crippen molar-refractivity contribution in [2.24, 2.45) is 5.41 Å². The molecule has 0 unspecified atom stereocenters. The van der Waals surface area contributed by atoms with Gasteiger partial charge in [-0.2, -0.15) is 18.2 Å². The molecule has 4 rings (SSSR count). The molecule has 1 fully saturated rings. The Hall–Kier alpha value is -2.69. The van der Waals surface area contributed by atoms with Crippen LogP contribution in [0.15, 0.2) is 16.7 Å². The molecule has 7 nitrogen and oxygen atoms in total. The lowest BCUT2D eigenvalue weighted by Crippen LogP contribution is -2.48. The van der Waals surface area contributed by atoms with E-state index in [1.807, 2.05) is 20.9 Å². The highest BCUT2D eigenvalue weighted by atomic mass is 19.4. The normalized spacial score (nSPS) is 24.6. The summed E-state index contributed by atoms with van der Waals surface area (Å²) in [6, 6.07) is 2.08. The van der Waals surface area contributed by atoms with Gasteiger partial charge in [0.05, 0.1) is 18.0 Å². The van der Waals surface area contributed by atoms with Crippen LogP contribution in [0, 0.1) is 11.2 Å². The summed E-state index contributed by atoms with van der Waals surface area (Å²) in [4.78, 5) is 20.3. The second kappa shape index (κ2) is 7.47. The Bertz CT molecular complexity index is 1010. The van der Waals surface area contributed by atoms with Crippen LogP contribution in [0.3, 0.4) is 0 Å². The van der Waals surface area contributed by atoms with Gasteiger partial charge in [0.25, 0.3) is 0 Å². The summed E-state index contributed by atoms with van der Waals surface area (Å²) in [6.45, 7) is 5.27. The molecule has 0 radical (unpaired) electrons. The molecule has 168 valence electrons. The fraction of sp³-hybridized carbons (Fsp3) is 0.550. The van der Waals surface area contributed by atoms with E-state index in [1.165, 1.54) is 6.07 Å². The lowest BCUT2D eigenvalue weighted by molar-refractivity contribution is -0.159. The number of halogens is 4. The first-order chi connectivity index (χ1) is 14.5. The first kappa shape index (κ1) is 21.5. The molecule has 0 aliphatic carbocycles. The van der Waals surface area contributed by atoms with E-state index in [9.17, 15) is 18.0 Å². The zero-order valence-corrected chi connectivity index (χ0v) is 17.3. The monoisotopic (exact) mass is 442 g/mol. The van der Waals surface area contributed by atoms with E-state index < -0.39 is 29.1 Å². The standard InChI is InChI=1S/C20H22F4N4O3/c1-11-9-30-15-7-12(16-25-17(31-26-16)20(22,23)24)6-14(21)13(15)8-28(11)18(29)19(2)4-5-27(3)10-19/h6-7,11H,4-5,8-10H2,1-3H3/t11-,19+/m0/s1. The van der Waals surface area contributed by atoms with Gasteiger partial charge >= 0.3 is 12.1 Å². The van der Waals surface area contributed by atoms with Crippen molar-refractivity contribution in [1.29, 1.82) is 0 Å². The molecule has 1 aromatic carbocycles. The van der Waals surface area contributed by atoms with E-state index in [-0.39, 0.29) is 42.0 Å². The Morgan fingerprint density at radius 2 is 2.06 bits per heavy atom. The van der Waals surface area contributed by atoms with Gasteiger partial charge in [0, 0.05) is 17.7 Å². The summed E-state index contributed by atoms with van der Waals surface area (Å²) in [5.41, 5.74) is -0.411. The maximum absolute atomic E-state index is 15.0.